The Kier molecular flexibility index (Phi) is 3.78. The SMILES string of the molecule is CC(=O)C1CCC2(C)C3CC=C4C(C)(C)C(=O)CCC4(C)C3CCC12C. The minimum atomic E-state index is -0.294. The lowest BCUT2D eigenvalue weighted by Crippen LogP contribution is -2.57. The summed E-state index contributed by atoms with van der Waals surface area (Å²) in [6.07, 6.45) is 9.96. The predicted octanol–water partition coefficient (Wildman–Crippen LogP) is 5.75. The van der Waals surface area contributed by atoms with Crippen LogP contribution >= 0.6 is 0 Å². The number of fused-ring (bicyclic) bond motifs is 5. The van der Waals surface area contributed by atoms with Gasteiger partial charge in [-0.1, -0.05) is 32.4 Å². The van der Waals surface area contributed by atoms with Gasteiger partial charge in [0.05, 0.1) is 0 Å². The van der Waals surface area contributed by atoms with Crippen LogP contribution in [0.3, 0.4) is 0 Å². The zero-order chi connectivity index (χ0) is 19.1. The number of ketones is 2. The summed E-state index contributed by atoms with van der Waals surface area (Å²) in [6, 6.07) is 0. The fourth-order valence-electron chi connectivity index (χ4n) is 8.26. The summed E-state index contributed by atoms with van der Waals surface area (Å²) in [5.41, 5.74) is 1.71. The van der Waals surface area contributed by atoms with Crippen molar-refractivity contribution < 1.29 is 9.59 Å². The van der Waals surface area contributed by atoms with Crippen LogP contribution in [0.1, 0.15) is 86.5 Å². The molecule has 0 aromatic rings. The van der Waals surface area contributed by atoms with Crippen molar-refractivity contribution in [2.75, 3.05) is 0 Å². The molecule has 4 aliphatic rings. The Balaban J connectivity index is 1.78. The maximum atomic E-state index is 12.6. The topological polar surface area (TPSA) is 34.1 Å². The van der Waals surface area contributed by atoms with E-state index < -0.39 is 0 Å². The maximum Gasteiger partial charge on any atom is 0.142 e. The Hall–Kier alpha value is -0.920. The molecule has 3 fully saturated rings. The minimum absolute atomic E-state index is 0.154. The molecule has 0 radical (unpaired) electrons. The average Bonchev–Trinajstić information content (AvgIpc) is 2.84. The minimum Gasteiger partial charge on any atom is -0.300 e. The van der Waals surface area contributed by atoms with E-state index in [2.05, 4.69) is 40.7 Å². The van der Waals surface area contributed by atoms with Crippen LogP contribution in [0, 0.1) is 39.4 Å². The highest BCUT2D eigenvalue weighted by Gasteiger charge is 2.66. The van der Waals surface area contributed by atoms with Crippen molar-refractivity contribution >= 4 is 11.6 Å². The number of allylic oxidation sites excluding steroid dienone is 2. The molecular weight excluding hydrogens is 320 g/mol. The Bertz CT molecular complexity index is 701. The van der Waals surface area contributed by atoms with E-state index >= 15 is 0 Å². The molecule has 0 aliphatic heterocycles. The summed E-state index contributed by atoms with van der Waals surface area (Å²) in [6.45, 7) is 13.5. The van der Waals surface area contributed by atoms with E-state index in [0.29, 0.717) is 23.4 Å². The molecule has 0 N–H and O–H groups in total. The van der Waals surface area contributed by atoms with Gasteiger partial charge in [0.15, 0.2) is 0 Å². The van der Waals surface area contributed by atoms with Gasteiger partial charge in [-0.15, -0.1) is 0 Å². The molecule has 2 heteroatoms. The van der Waals surface area contributed by atoms with Crippen LogP contribution in [0.25, 0.3) is 0 Å². The molecule has 0 spiro atoms. The molecule has 0 aromatic carbocycles. The Labute approximate surface area is 159 Å². The van der Waals surface area contributed by atoms with Gasteiger partial charge in [0.2, 0.25) is 0 Å². The van der Waals surface area contributed by atoms with E-state index in [1.165, 1.54) is 24.8 Å². The Morgan fingerprint density at radius 1 is 0.962 bits per heavy atom. The van der Waals surface area contributed by atoms with Crippen LogP contribution in [0.15, 0.2) is 11.6 Å². The van der Waals surface area contributed by atoms with E-state index in [1.807, 2.05) is 6.92 Å². The molecule has 6 unspecified atom stereocenters. The standard InChI is InChI=1S/C24H36O2/c1-15(25)16-9-13-24(6)18-7-8-19-21(2,3)20(26)11-12-22(19,4)17(18)10-14-23(16,24)5/h8,16-18H,7,9-14H2,1-6H3. The van der Waals surface area contributed by atoms with Gasteiger partial charge in [-0.2, -0.15) is 0 Å². The van der Waals surface area contributed by atoms with E-state index in [0.717, 1.165) is 25.7 Å². The van der Waals surface area contributed by atoms with Crippen molar-refractivity contribution in [3.05, 3.63) is 11.6 Å². The van der Waals surface area contributed by atoms with Crippen molar-refractivity contribution in [3.8, 4) is 0 Å². The molecule has 3 saturated carbocycles. The first-order valence-corrected chi connectivity index (χ1v) is 10.7. The number of hydrogen-bond acceptors (Lipinski definition) is 2. The molecule has 0 bridgehead atoms. The van der Waals surface area contributed by atoms with Crippen LogP contribution in [0.4, 0.5) is 0 Å². The normalized spacial score (nSPS) is 49.7. The predicted molar refractivity (Wildman–Crippen MR) is 105 cm³/mol. The lowest BCUT2D eigenvalue weighted by molar-refractivity contribution is -0.142. The number of rotatable bonds is 1. The summed E-state index contributed by atoms with van der Waals surface area (Å²) in [5.74, 6) is 2.39. The molecule has 0 aromatic heterocycles. The van der Waals surface area contributed by atoms with E-state index in [1.54, 1.807) is 0 Å². The first-order valence-electron chi connectivity index (χ1n) is 10.7. The number of carbonyl (C=O) groups is 2. The van der Waals surface area contributed by atoms with Gasteiger partial charge in [0, 0.05) is 17.8 Å². The molecule has 0 heterocycles. The fraction of sp³-hybridized carbons (Fsp3) is 0.833. The summed E-state index contributed by atoms with van der Waals surface area (Å²) in [4.78, 5) is 25.0. The molecular formula is C24H36O2. The van der Waals surface area contributed by atoms with Gasteiger partial charge in [0.1, 0.15) is 11.6 Å². The average molecular weight is 357 g/mol. The smallest absolute Gasteiger partial charge is 0.142 e. The van der Waals surface area contributed by atoms with Crippen molar-refractivity contribution in [3.63, 3.8) is 0 Å². The maximum absolute atomic E-state index is 12.6. The summed E-state index contributed by atoms with van der Waals surface area (Å²) >= 11 is 0. The first-order chi connectivity index (χ1) is 12.0. The highest BCUT2D eigenvalue weighted by atomic mass is 16.1. The Morgan fingerprint density at radius 2 is 1.62 bits per heavy atom. The quantitative estimate of drug-likeness (QED) is 0.561. The van der Waals surface area contributed by atoms with Crippen LogP contribution < -0.4 is 0 Å². The van der Waals surface area contributed by atoms with Crippen molar-refractivity contribution in [2.45, 2.75) is 86.5 Å². The summed E-state index contributed by atoms with van der Waals surface area (Å²) in [5, 5.41) is 0. The highest BCUT2D eigenvalue weighted by Crippen LogP contribution is 2.72. The zero-order valence-corrected chi connectivity index (χ0v) is 17.6. The van der Waals surface area contributed by atoms with Crippen LogP contribution in [-0.2, 0) is 9.59 Å². The molecule has 6 atom stereocenters. The summed E-state index contributed by atoms with van der Waals surface area (Å²) in [7, 11) is 0. The van der Waals surface area contributed by atoms with Gasteiger partial charge >= 0.3 is 0 Å². The van der Waals surface area contributed by atoms with Crippen LogP contribution in [-0.4, -0.2) is 11.6 Å². The van der Waals surface area contributed by atoms with E-state index in [-0.39, 0.29) is 27.6 Å². The van der Waals surface area contributed by atoms with Gasteiger partial charge in [-0.05, 0) is 87.4 Å². The van der Waals surface area contributed by atoms with E-state index in [4.69, 9.17) is 0 Å². The van der Waals surface area contributed by atoms with Gasteiger partial charge < -0.3 is 0 Å². The molecule has 4 rings (SSSR count). The largest absolute Gasteiger partial charge is 0.300 e. The third-order valence-electron chi connectivity index (χ3n) is 10.0. The number of carbonyl (C=O) groups excluding carboxylic acids is 2. The molecule has 144 valence electrons. The van der Waals surface area contributed by atoms with E-state index in [9.17, 15) is 9.59 Å². The molecule has 0 saturated heterocycles. The third-order valence-corrected chi connectivity index (χ3v) is 10.0. The second-order valence-corrected chi connectivity index (χ2v) is 11.1. The van der Waals surface area contributed by atoms with Crippen LogP contribution in [0.2, 0.25) is 0 Å². The zero-order valence-electron chi connectivity index (χ0n) is 17.6. The fourth-order valence-corrected chi connectivity index (χ4v) is 8.26. The lowest BCUT2D eigenvalue weighted by atomic mass is 9.41. The summed E-state index contributed by atoms with van der Waals surface area (Å²) < 4.78 is 0. The number of hydrogen-bond donors (Lipinski definition) is 0. The van der Waals surface area contributed by atoms with Gasteiger partial charge in [-0.3, -0.25) is 9.59 Å². The molecule has 26 heavy (non-hydrogen) atoms. The number of Topliss-reactive ketones (excluding diaryl/α,β-unsaturated/α-hetero) is 2. The first kappa shape index (κ1) is 18.4. The van der Waals surface area contributed by atoms with Crippen molar-refractivity contribution in [2.24, 2.45) is 39.4 Å². The molecule has 0 amide bonds. The van der Waals surface area contributed by atoms with Crippen LogP contribution in [0.5, 0.6) is 0 Å². The molecule has 4 aliphatic carbocycles. The van der Waals surface area contributed by atoms with Gasteiger partial charge in [-0.25, -0.2) is 0 Å². The lowest BCUT2D eigenvalue weighted by Gasteiger charge is -2.63. The highest BCUT2D eigenvalue weighted by molar-refractivity contribution is 5.89. The second kappa shape index (κ2) is 5.32. The monoisotopic (exact) mass is 356 g/mol. The third kappa shape index (κ3) is 2.00. The van der Waals surface area contributed by atoms with Gasteiger partial charge in [0.25, 0.3) is 0 Å². The van der Waals surface area contributed by atoms with Crippen molar-refractivity contribution in [1.82, 2.24) is 0 Å². The van der Waals surface area contributed by atoms with Crippen molar-refractivity contribution in [1.29, 1.82) is 0 Å². The second-order valence-electron chi connectivity index (χ2n) is 11.1. The Morgan fingerprint density at radius 3 is 2.27 bits per heavy atom. The molecule has 2 nitrogen and oxygen atoms in total.